The number of benzene rings is 1. The maximum Gasteiger partial charge on any atom is 0.310 e. The van der Waals surface area contributed by atoms with E-state index in [1.54, 1.807) is 18.2 Å². The fourth-order valence-corrected chi connectivity index (χ4v) is 1.97. The number of ether oxygens (including phenoxy) is 1. The van der Waals surface area contributed by atoms with Gasteiger partial charge in [0.2, 0.25) is 5.91 Å². The van der Waals surface area contributed by atoms with Gasteiger partial charge in [0.05, 0.1) is 17.7 Å². The summed E-state index contributed by atoms with van der Waals surface area (Å²) < 4.78 is 5.40. The van der Waals surface area contributed by atoms with Crippen molar-refractivity contribution in [2.24, 2.45) is 5.41 Å². The fraction of sp³-hybridized carbons (Fsp3) is 0.429. The highest BCUT2D eigenvalue weighted by molar-refractivity contribution is 5.96. The molecule has 0 unspecified atom stereocenters. The van der Waals surface area contributed by atoms with E-state index in [2.05, 4.69) is 5.32 Å². The first-order valence-corrected chi connectivity index (χ1v) is 6.32. The van der Waals surface area contributed by atoms with E-state index < -0.39 is 11.4 Å². The molecule has 0 aromatic heterocycles. The van der Waals surface area contributed by atoms with Gasteiger partial charge in [0, 0.05) is 6.42 Å². The number of hydrogen-bond acceptors (Lipinski definition) is 3. The molecule has 1 aliphatic carbocycles. The molecule has 1 amide bonds. The maximum absolute atomic E-state index is 11.9. The van der Waals surface area contributed by atoms with Crippen LogP contribution < -0.4 is 10.1 Å². The molecule has 0 spiro atoms. The van der Waals surface area contributed by atoms with Gasteiger partial charge in [0.1, 0.15) is 5.75 Å². The molecule has 0 radical (unpaired) electrons. The molecule has 1 saturated carbocycles. The predicted octanol–water partition coefficient (Wildman–Crippen LogP) is 2.28. The number of nitrogens with one attached hydrogen (secondary N) is 1. The summed E-state index contributed by atoms with van der Waals surface area (Å²) in [6.45, 7) is 2.37. The number of aliphatic carboxylic acids is 1. The third kappa shape index (κ3) is 3.05. The Morgan fingerprint density at radius 3 is 2.63 bits per heavy atom. The van der Waals surface area contributed by atoms with Crippen LogP contribution in [0, 0.1) is 5.41 Å². The van der Waals surface area contributed by atoms with Crippen LogP contribution >= 0.6 is 0 Å². The Bertz CT molecular complexity index is 494. The second-order valence-corrected chi connectivity index (χ2v) is 4.74. The molecule has 0 aliphatic heterocycles. The lowest BCUT2D eigenvalue weighted by Gasteiger charge is -2.13. The van der Waals surface area contributed by atoms with Gasteiger partial charge in [0.25, 0.3) is 0 Å². The van der Waals surface area contributed by atoms with Crippen LogP contribution in [-0.4, -0.2) is 23.6 Å². The molecular formula is C14H17NO4. The van der Waals surface area contributed by atoms with Crippen molar-refractivity contribution >= 4 is 17.6 Å². The minimum absolute atomic E-state index is 0.0167. The number of amides is 1. The first-order valence-electron chi connectivity index (χ1n) is 6.32. The quantitative estimate of drug-likeness (QED) is 0.825. The monoisotopic (exact) mass is 263 g/mol. The molecule has 1 aliphatic rings. The van der Waals surface area contributed by atoms with Gasteiger partial charge in [-0.1, -0.05) is 12.1 Å². The summed E-state index contributed by atoms with van der Waals surface area (Å²) in [5.74, 6) is -0.577. The Kier molecular flexibility index (Phi) is 3.74. The van der Waals surface area contributed by atoms with Crippen molar-refractivity contribution in [3.8, 4) is 5.75 Å². The zero-order valence-electron chi connectivity index (χ0n) is 10.8. The summed E-state index contributed by atoms with van der Waals surface area (Å²) in [7, 11) is 0. The average Bonchev–Trinajstić information content (AvgIpc) is 3.13. The summed E-state index contributed by atoms with van der Waals surface area (Å²) in [4.78, 5) is 22.9. The van der Waals surface area contributed by atoms with E-state index in [-0.39, 0.29) is 12.3 Å². The molecule has 2 N–H and O–H groups in total. The standard InChI is InChI=1S/C14H17NO4/c1-2-19-11-6-4-3-5-10(11)15-12(16)9-14(7-8-14)13(17)18/h3-6H,2,7-9H2,1H3,(H,15,16)(H,17,18). The molecule has 0 saturated heterocycles. The lowest BCUT2D eigenvalue weighted by Crippen LogP contribution is -2.23. The summed E-state index contributed by atoms with van der Waals surface area (Å²) in [6, 6.07) is 7.12. The zero-order valence-corrected chi connectivity index (χ0v) is 10.8. The van der Waals surface area contributed by atoms with Crippen LogP contribution in [0.15, 0.2) is 24.3 Å². The Labute approximate surface area is 111 Å². The molecule has 5 nitrogen and oxygen atoms in total. The molecule has 0 bridgehead atoms. The summed E-state index contributed by atoms with van der Waals surface area (Å²) in [5.41, 5.74) is -0.263. The largest absolute Gasteiger partial charge is 0.492 e. The number of hydrogen-bond donors (Lipinski definition) is 2. The molecular weight excluding hydrogens is 246 g/mol. The van der Waals surface area contributed by atoms with Gasteiger partial charge in [-0.15, -0.1) is 0 Å². The van der Waals surface area contributed by atoms with Gasteiger partial charge in [-0.3, -0.25) is 9.59 Å². The highest BCUT2D eigenvalue weighted by Crippen LogP contribution is 2.49. The third-order valence-corrected chi connectivity index (χ3v) is 3.27. The molecule has 2 rings (SSSR count). The van der Waals surface area contributed by atoms with E-state index in [1.807, 2.05) is 13.0 Å². The number of para-hydroxylation sites is 2. The Hall–Kier alpha value is -2.04. The number of carbonyl (C=O) groups is 2. The topological polar surface area (TPSA) is 75.6 Å². The minimum atomic E-state index is -0.888. The number of carbonyl (C=O) groups excluding carboxylic acids is 1. The summed E-state index contributed by atoms with van der Waals surface area (Å²) >= 11 is 0. The van der Waals surface area contributed by atoms with Gasteiger partial charge in [0.15, 0.2) is 0 Å². The average molecular weight is 263 g/mol. The van der Waals surface area contributed by atoms with Crippen LogP contribution in [0.3, 0.4) is 0 Å². The van der Waals surface area contributed by atoms with Gasteiger partial charge in [-0.25, -0.2) is 0 Å². The van der Waals surface area contributed by atoms with Crippen molar-refractivity contribution in [2.45, 2.75) is 26.2 Å². The summed E-state index contributed by atoms with van der Waals surface area (Å²) in [6.07, 6.45) is 1.16. The molecule has 102 valence electrons. The number of carboxylic acids is 1. The fourth-order valence-electron chi connectivity index (χ4n) is 1.97. The van der Waals surface area contributed by atoms with Crippen LogP contribution in [-0.2, 0) is 9.59 Å². The second kappa shape index (κ2) is 5.30. The van der Waals surface area contributed by atoms with Crippen molar-refractivity contribution in [1.29, 1.82) is 0 Å². The van der Waals surface area contributed by atoms with E-state index in [1.165, 1.54) is 0 Å². The van der Waals surface area contributed by atoms with Gasteiger partial charge in [-0.05, 0) is 31.9 Å². The van der Waals surface area contributed by atoms with Gasteiger partial charge < -0.3 is 15.2 Å². The van der Waals surface area contributed by atoms with E-state index in [0.29, 0.717) is 30.9 Å². The van der Waals surface area contributed by atoms with Crippen molar-refractivity contribution in [2.75, 3.05) is 11.9 Å². The van der Waals surface area contributed by atoms with E-state index in [4.69, 9.17) is 9.84 Å². The van der Waals surface area contributed by atoms with Crippen LogP contribution in [0.2, 0.25) is 0 Å². The Morgan fingerprint density at radius 1 is 1.37 bits per heavy atom. The van der Waals surface area contributed by atoms with E-state index in [9.17, 15) is 9.59 Å². The maximum atomic E-state index is 11.9. The van der Waals surface area contributed by atoms with Crippen molar-refractivity contribution in [3.63, 3.8) is 0 Å². The molecule has 1 fully saturated rings. The predicted molar refractivity (Wildman–Crippen MR) is 70.2 cm³/mol. The van der Waals surface area contributed by atoms with Crippen molar-refractivity contribution in [1.82, 2.24) is 0 Å². The minimum Gasteiger partial charge on any atom is -0.492 e. The van der Waals surface area contributed by atoms with Crippen LogP contribution in [0.25, 0.3) is 0 Å². The first-order chi connectivity index (χ1) is 9.07. The van der Waals surface area contributed by atoms with Crippen molar-refractivity contribution in [3.05, 3.63) is 24.3 Å². The van der Waals surface area contributed by atoms with Gasteiger partial charge >= 0.3 is 5.97 Å². The highest BCUT2D eigenvalue weighted by atomic mass is 16.5. The first kappa shape index (κ1) is 13.4. The van der Waals surface area contributed by atoms with E-state index in [0.717, 1.165) is 0 Å². The molecule has 0 atom stereocenters. The van der Waals surface area contributed by atoms with Gasteiger partial charge in [-0.2, -0.15) is 0 Å². The van der Waals surface area contributed by atoms with Crippen LogP contribution in [0.5, 0.6) is 5.75 Å². The number of anilines is 1. The molecule has 19 heavy (non-hydrogen) atoms. The third-order valence-electron chi connectivity index (χ3n) is 3.27. The molecule has 0 heterocycles. The highest BCUT2D eigenvalue weighted by Gasteiger charge is 2.51. The molecule has 5 heteroatoms. The Balaban J connectivity index is 2.01. The molecule has 1 aromatic rings. The lowest BCUT2D eigenvalue weighted by molar-refractivity contribution is -0.145. The van der Waals surface area contributed by atoms with Crippen LogP contribution in [0.1, 0.15) is 26.2 Å². The SMILES string of the molecule is CCOc1ccccc1NC(=O)CC1(C(=O)O)CC1. The second-order valence-electron chi connectivity index (χ2n) is 4.74. The number of carboxylic acid groups (broad SMARTS) is 1. The van der Waals surface area contributed by atoms with Crippen LogP contribution in [0.4, 0.5) is 5.69 Å². The lowest BCUT2D eigenvalue weighted by atomic mass is 10.0. The van der Waals surface area contributed by atoms with Crippen molar-refractivity contribution < 1.29 is 19.4 Å². The number of rotatable bonds is 6. The van der Waals surface area contributed by atoms with E-state index >= 15 is 0 Å². The zero-order chi connectivity index (χ0) is 13.9. The Morgan fingerprint density at radius 2 is 2.05 bits per heavy atom. The normalized spacial score (nSPS) is 15.6. The smallest absolute Gasteiger partial charge is 0.310 e. The summed E-state index contributed by atoms with van der Waals surface area (Å²) in [5, 5.41) is 11.8. The molecule has 1 aromatic carbocycles.